The second kappa shape index (κ2) is 12.1. The van der Waals surface area contributed by atoms with Gasteiger partial charge in [-0.3, -0.25) is 4.79 Å². The Morgan fingerprint density at radius 3 is 1.92 bits per heavy atom. The van der Waals surface area contributed by atoms with Crippen LogP contribution in [0.3, 0.4) is 0 Å². The summed E-state index contributed by atoms with van der Waals surface area (Å²) in [7, 11) is 0. The molecule has 25 heavy (non-hydrogen) atoms. The van der Waals surface area contributed by atoms with Gasteiger partial charge in [-0.2, -0.15) is 0 Å². The first-order valence-corrected chi connectivity index (χ1v) is 8.47. The maximum atomic E-state index is 12.0. The molecule has 0 aliphatic heterocycles. The third-order valence-corrected chi connectivity index (χ3v) is 3.86. The van der Waals surface area contributed by atoms with E-state index in [1.807, 2.05) is 13.8 Å². The van der Waals surface area contributed by atoms with Gasteiger partial charge in [0.05, 0.1) is 0 Å². The monoisotopic (exact) mass is 360 g/mol. The van der Waals surface area contributed by atoms with E-state index in [4.69, 9.17) is 10.2 Å². The van der Waals surface area contributed by atoms with Crippen LogP contribution in [-0.2, 0) is 14.4 Å². The van der Waals surface area contributed by atoms with Crippen molar-refractivity contribution < 1.29 is 34.5 Å². The number of aliphatic carboxylic acids is 3. The summed E-state index contributed by atoms with van der Waals surface area (Å²) in [5.41, 5.74) is 0. The number of amides is 2. The molecule has 9 heteroatoms. The Morgan fingerprint density at radius 1 is 0.840 bits per heavy atom. The minimum absolute atomic E-state index is 0.254. The van der Waals surface area contributed by atoms with Gasteiger partial charge < -0.3 is 26.0 Å². The molecule has 0 saturated heterocycles. The lowest BCUT2D eigenvalue weighted by Gasteiger charge is -2.25. The predicted molar refractivity (Wildman–Crippen MR) is 89.3 cm³/mol. The number of nitrogens with one attached hydrogen (secondary N) is 2. The summed E-state index contributed by atoms with van der Waals surface area (Å²) in [6.45, 7) is 3.91. The summed E-state index contributed by atoms with van der Waals surface area (Å²) in [4.78, 5) is 45.2. The van der Waals surface area contributed by atoms with Crippen LogP contribution in [0.2, 0.25) is 0 Å². The maximum Gasteiger partial charge on any atom is 0.326 e. The number of urea groups is 1. The zero-order valence-corrected chi connectivity index (χ0v) is 14.7. The molecule has 0 fully saturated rings. The van der Waals surface area contributed by atoms with Crippen molar-refractivity contribution in [2.75, 3.05) is 0 Å². The first-order chi connectivity index (χ1) is 11.7. The molecule has 0 saturated carbocycles. The van der Waals surface area contributed by atoms with Gasteiger partial charge in [0.2, 0.25) is 0 Å². The van der Waals surface area contributed by atoms with Crippen molar-refractivity contribution in [3.05, 3.63) is 0 Å². The fourth-order valence-electron chi connectivity index (χ4n) is 2.56. The van der Waals surface area contributed by atoms with Gasteiger partial charge in [-0.05, 0) is 25.2 Å². The first kappa shape index (κ1) is 22.7. The van der Waals surface area contributed by atoms with Crippen LogP contribution >= 0.6 is 0 Å². The van der Waals surface area contributed by atoms with E-state index in [1.54, 1.807) is 0 Å². The van der Waals surface area contributed by atoms with E-state index in [9.17, 15) is 24.3 Å². The Labute approximate surface area is 146 Å². The Kier molecular flexibility index (Phi) is 11.0. The van der Waals surface area contributed by atoms with Crippen molar-refractivity contribution in [3.63, 3.8) is 0 Å². The average Bonchev–Trinajstić information content (AvgIpc) is 2.52. The molecule has 0 aromatic carbocycles. The molecule has 0 bridgehead atoms. The highest BCUT2D eigenvalue weighted by Crippen LogP contribution is 2.19. The minimum Gasteiger partial charge on any atom is -0.481 e. The van der Waals surface area contributed by atoms with Gasteiger partial charge in [0, 0.05) is 6.42 Å². The Morgan fingerprint density at radius 2 is 1.48 bits per heavy atom. The number of carbonyl (C=O) groups is 4. The van der Waals surface area contributed by atoms with E-state index in [1.165, 1.54) is 0 Å². The van der Waals surface area contributed by atoms with Gasteiger partial charge in [0.25, 0.3) is 0 Å². The van der Waals surface area contributed by atoms with E-state index in [2.05, 4.69) is 10.6 Å². The van der Waals surface area contributed by atoms with Crippen LogP contribution in [0.1, 0.15) is 58.8 Å². The quantitative estimate of drug-likeness (QED) is 0.335. The molecule has 3 atom stereocenters. The number of carboxylic acids is 3. The standard InChI is InChI=1S/C16H28N2O7/c1-3-5-7-10(6-4-2)13(15(23)24)18-16(25)17-11(14(21)22)8-9-12(19)20/h10-11,13H,3-9H2,1-2H3,(H,19,20)(H,21,22)(H,23,24)(H2,17,18,25)/t10?,11-,13-/m0/s1. The molecule has 1 unspecified atom stereocenters. The van der Waals surface area contributed by atoms with E-state index in [0.717, 1.165) is 19.3 Å². The summed E-state index contributed by atoms with van der Waals surface area (Å²) < 4.78 is 0. The van der Waals surface area contributed by atoms with E-state index < -0.39 is 42.4 Å². The lowest BCUT2D eigenvalue weighted by Crippen LogP contribution is -2.53. The molecule has 0 heterocycles. The SMILES string of the molecule is CCCCC(CCC)[C@H](NC(=O)N[C@@H](CCC(=O)O)C(=O)O)C(=O)O. The Balaban J connectivity index is 4.91. The number of hydrogen-bond donors (Lipinski definition) is 5. The van der Waals surface area contributed by atoms with Gasteiger partial charge in [-0.15, -0.1) is 0 Å². The smallest absolute Gasteiger partial charge is 0.326 e. The Hall–Kier alpha value is -2.32. The van der Waals surface area contributed by atoms with Crippen LogP contribution in [0.25, 0.3) is 0 Å². The highest BCUT2D eigenvalue weighted by atomic mass is 16.4. The molecule has 0 aromatic rings. The average molecular weight is 360 g/mol. The molecule has 0 spiro atoms. The first-order valence-electron chi connectivity index (χ1n) is 8.47. The highest BCUT2D eigenvalue weighted by molar-refractivity contribution is 5.86. The lowest BCUT2D eigenvalue weighted by atomic mass is 9.89. The number of carbonyl (C=O) groups excluding carboxylic acids is 1. The van der Waals surface area contributed by atoms with E-state index in [0.29, 0.717) is 12.8 Å². The van der Waals surface area contributed by atoms with Gasteiger partial charge >= 0.3 is 23.9 Å². The lowest BCUT2D eigenvalue weighted by molar-refractivity contribution is -0.141. The van der Waals surface area contributed by atoms with Gasteiger partial charge in [0.15, 0.2) is 0 Å². The summed E-state index contributed by atoms with van der Waals surface area (Å²) in [5.74, 6) is -3.99. The molecule has 0 aromatic heterocycles. The van der Waals surface area contributed by atoms with E-state index in [-0.39, 0.29) is 12.3 Å². The van der Waals surface area contributed by atoms with Gasteiger partial charge in [0.1, 0.15) is 12.1 Å². The fraction of sp³-hybridized carbons (Fsp3) is 0.750. The number of hydrogen-bond acceptors (Lipinski definition) is 4. The normalized spacial score (nSPS) is 14.2. The molecular formula is C16H28N2O7. The maximum absolute atomic E-state index is 12.0. The second-order valence-electron chi connectivity index (χ2n) is 5.95. The van der Waals surface area contributed by atoms with E-state index >= 15 is 0 Å². The summed E-state index contributed by atoms with van der Waals surface area (Å²) in [5, 5.41) is 31.5. The zero-order valence-electron chi connectivity index (χ0n) is 14.7. The molecule has 0 radical (unpaired) electrons. The van der Waals surface area contributed by atoms with Crippen molar-refractivity contribution in [1.82, 2.24) is 10.6 Å². The van der Waals surface area contributed by atoms with Crippen molar-refractivity contribution in [1.29, 1.82) is 0 Å². The number of carboxylic acid groups (broad SMARTS) is 3. The third-order valence-electron chi connectivity index (χ3n) is 3.86. The van der Waals surface area contributed by atoms with Crippen LogP contribution in [-0.4, -0.2) is 51.3 Å². The topological polar surface area (TPSA) is 153 Å². The van der Waals surface area contributed by atoms with Crippen LogP contribution in [0.4, 0.5) is 4.79 Å². The van der Waals surface area contributed by atoms with Crippen molar-refractivity contribution >= 4 is 23.9 Å². The second-order valence-corrected chi connectivity index (χ2v) is 5.95. The molecule has 9 nitrogen and oxygen atoms in total. The molecule has 144 valence electrons. The molecule has 2 amide bonds. The summed E-state index contributed by atoms with van der Waals surface area (Å²) in [6.07, 6.45) is 3.04. The zero-order chi connectivity index (χ0) is 19.4. The van der Waals surface area contributed by atoms with Crippen molar-refractivity contribution in [2.45, 2.75) is 70.9 Å². The number of unbranched alkanes of at least 4 members (excludes halogenated alkanes) is 1. The van der Waals surface area contributed by atoms with Crippen LogP contribution < -0.4 is 10.6 Å². The molecular weight excluding hydrogens is 332 g/mol. The van der Waals surface area contributed by atoms with Crippen molar-refractivity contribution in [3.8, 4) is 0 Å². The molecule has 5 N–H and O–H groups in total. The van der Waals surface area contributed by atoms with Crippen molar-refractivity contribution in [2.24, 2.45) is 5.92 Å². The minimum atomic E-state index is -1.40. The fourth-order valence-corrected chi connectivity index (χ4v) is 2.56. The van der Waals surface area contributed by atoms with Crippen LogP contribution in [0.5, 0.6) is 0 Å². The van der Waals surface area contributed by atoms with Gasteiger partial charge in [-0.25, -0.2) is 14.4 Å². The van der Waals surface area contributed by atoms with Gasteiger partial charge in [-0.1, -0.05) is 33.1 Å². The summed E-state index contributed by atoms with van der Waals surface area (Å²) in [6, 6.07) is -3.45. The van der Waals surface area contributed by atoms with Crippen LogP contribution in [0, 0.1) is 5.92 Å². The number of rotatable bonds is 13. The predicted octanol–water partition coefficient (Wildman–Crippen LogP) is 1.66. The van der Waals surface area contributed by atoms with Crippen LogP contribution in [0.15, 0.2) is 0 Å². The largest absolute Gasteiger partial charge is 0.481 e. The molecule has 0 aliphatic rings. The third kappa shape index (κ3) is 9.53. The molecule has 0 rings (SSSR count). The summed E-state index contributed by atoms with van der Waals surface area (Å²) >= 11 is 0. The molecule has 0 aliphatic carbocycles. The Bertz CT molecular complexity index is 467. The highest BCUT2D eigenvalue weighted by Gasteiger charge is 2.30.